The maximum Gasteiger partial charge on any atom is 0.244 e. The number of likely N-dealkylation sites (N-methyl/N-ethyl adjacent to an activating group) is 2. The highest BCUT2D eigenvalue weighted by Crippen LogP contribution is 2.05. The first-order valence-corrected chi connectivity index (χ1v) is 6.23. The lowest BCUT2D eigenvalue weighted by atomic mass is 10.0. The molecule has 0 spiro atoms. The predicted octanol–water partition coefficient (Wildman–Crippen LogP) is 0.0215. The molecule has 19 heavy (non-hydrogen) atoms. The van der Waals surface area contributed by atoms with Crippen molar-refractivity contribution in [1.82, 2.24) is 15.5 Å². The fourth-order valence-electron chi connectivity index (χ4n) is 1.77. The Hall–Kier alpha value is -1.88. The van der Waals surface area contributed by atoms with Gasteiger partial charge in [0.25, 0.3) is 0 Å². The molecule has 0 radical (unpaired) electrons. The zero-order valence-corrected chi connectivity index (χ0v) is 11.6. The van der Waals surface area contributed by atoms with Gasteiger partial charge in [-0.05, 0) is 12.6 Å². The summed E-state index contributed by atoms with van der Waals surface area (Å²) in [6, 6.07) is 9.12. The highest BCUT2D eigenvalue weighted by molar-refractivity contribution is 5.88. The van der Waals surface area contributed by atoms with E-state index in [2.05, 4.69) is 10.6 Å². The zero-order chi connectivity index (χ0) is 14.3. The lowest BCUT2D eigenvalue weighted by Gasteiger charge is -2.21. The van der Waals surface area contributed by atoms with E-state index in [4.69, 9.17) is 0 Å². The quantitative estimate of drug-likeness (QED) is 0.761. The number of carbonyl (C=O) groups excluding carboxylic acids is 2. The van der Waals surface area contributed by atoms with Gasteiger partial charge in [0.1, 0.15) is 6.04 Å². The van der Waals surface area contributed by atoms with Gasteiger partial charge in [-0.3, -0.25) is 9.59 Å². The van der Waals surface area contributed by atoms with Gasteiger partial charge in [0.05, 0.1) is 6.54 Å². The van der Waals surface area contributed by atoms with Crippen molar-refractivity contribution in [2.45, 2.75) is 12.5 Å². The molecule has 104 valence electrons. The van der Waals surface area contributed by atoms with Crippen LogP contribution in [0.4, 0.5) is 0 Å². The van der Waals surface area contributed by atoms with Gasteiger partial charge in [-0.25, -0.2) is 0 Å². The van der Waals surface area contributed by atoms with Crippen LogP contribution in [0, 0.1) is 0 Å². The molecule has 0 heterocycles. The number of carbonyl (C=O) groups is 2. The van der Waals surface area contributed by atoms with Crippen LogP contribution in [-0.2, 0) is 16.0 Å². The minimum Gasteiger partial charge on any atom is -0.347 e. The number of benzene rings is 1. The summed E-state index contributed by atoms with van der Waals surface area (Å²) in [5, 5.41) is 5.52. The second-order valence-electron chi connectivity index (χ2n) is 4.57. The van der Waals surface area contributed by atoms with Crippen molar-refractivity contribution in [2.24, 2.45) is 0 Å². The molecule has 0 bridgehead atoms. The standard InChI is InChI=1S/C14H21N3O2/c1-15-10-13(18)16-12(14(19)17(2)3)9-11-7-5-4-6-8-11/h4-8,12,15H,9-10H2,1-3H3,(H,16,18). The fourth-order valence-corrected chi connectivity index (χ4v) is 1.77. The van der Waals surface area contributed by atoms with E-state index in [0.29, 0.717) is 6.42 Å². The first-order valence-electron chi connectivity index (χ1n) is 6.23. The highest BCUT2D eigenvalue weighted by Gasteiger charge is 2.22. The summed E-state index contributed by atoms with van der Waals surface area (Å²) in [7, 11) is 5.06. The van der Waals surface area contributed by atoms with E-state index in [0.717, 1.165) is 5.56 Å². The SMILES string of the molecule is CNCC(=O)NC(Cc1ccccc1)C(=O)N(C)C. The van der Waals surface area contributed by atoms with E-state index < -0.39 is 6.04 Å². The molecule has 2 N–H and O–H groups in total. The van der Waals surface area contributed by atoms with Crippen LogP contribution in [0.3, 0.4) is 0 Å². The molecule has 0 aliphatic heterocycles. The Kier molecular flexibility index (Phi) is 6.02. The molecule has 0 aliphatic rings. The van der Waals surface area contributed by atoms with Gasteiger partial charge < -0.3 is 15.5 Å². The summed E-state index contributed by atoms with van der Waals surface area (Å²) in [4.78, 5) is 25.2. The molecule has 5 heteroatoms. The second kappa shape index (κ2) is 7.53. The van der Waals surface area contributed by atoms with Crippen LogP contribution < -0.4 is 10.6 Å². The molecule has 5 nitrogen and oxygen atoms in total. The van der Waals surface area contributed by atoms with Gasteiger partial charge in [0.2, 0.25) is 11.8 Å². The highest BCUT2D eigenvalue weighted by atomic mass is 16.2. The third-order valence-electron chi connectivity index (χ3n) is 2.69. The van der Waals surface area contributed by atoms with Gasteiger partial charge in [-0.15, -0.1) is 0 Å². The Balaban J connectivity index is 2.75. The normalized spacial score (nSPS) is 11.7. The minimum absolute atomic E-state index is 0.103. The summed E-state index contributed by atoms with van der Waals surface area (Å²) in [6.45, 7) is 0.200. The van der Waals surface area contributed by atoms with Crippen LogP contribution in [0.2, 0.25) is 0 Å². The van der Waals surface area contributed by atoms with Crippen LogP contribution in [0.5, 0.6) is 0 Å². The molecule has 1 rings (SSSR count). The third-order valence-corrected chi connectivity index (χ3v) is 2.69. The lowest BCUT2D eigenvalue weighted by Crippen LogP contribution is -2.49. The van der Waals surface area contributed by atoms with Crippen LogP contribution in [0.1, 0.15) is 5.56 Å². The van der Waals surface area contributed by atoms with Gasteiger partial charge in [-0.1, -0.05) is 30.3 Å². The van der Waals surface area contributed by atoms with E-state index in [1.165, 1.54) is 4.90 Å². The van der Waals surface area contributed by atoms with Crippen molar-refractivity contribution in [3.8, 4) is 0 Å². The molecule has 0 saturated heterocycles. The van der Waals surface area contributed by atoms with Crippen molar-refractivity contribution >= 4 is 11.8 Å². The average molecular weight is 263 g/mol. The lowest BCUT2D eigenvalue weighted by molar-refractivity contribution is -0.134. The number of rotatable bonds is 6. The van der Waals surface area contributed by atoms with Gasteiger partial charge >= 0.3 is 0 Å². The average Bonchev–Trinajstić information content (AvgIpc) is 2.38. The fraction of sp³-hybridized carbons (Fsp3) is 0.429. The number of nitrogens with one attached hydrogen (secondary N) is 2. The minimum atomic E-state index is -0.529. The van der Waals surface area contributed by atoms with Crippen molar-refractivity contribution < 1.29 is 9.59 Å². The largest absolute Gasteiger partial charge is 0.347 e. The molecule has 2 amide bonds. The van der Waals surface area contributed by atoms with E-state index >= 15 is 0 Å². The number of amides is 2. The van der Waals surface area contributed by atoms with Gasteiger partial charge in [0.15, 0.2) is 0 Å². The van der Waals surface area contributed by atoms with Crippen LogP contribution in [0.15, 0.2) is 30.3 Å². The molecular formula is C14H21N3O2. The summed E-state index contributed by atoms with van der Waals surface area (Å²) < 4.78 is 0. The van der Waals surface area contributed by atoms with Crippen LogP contribution in [-0.4, -0.2) is 50.4 Å². The third kappa shape index (κ3) is 5.09. The number of nitrogens with zero attached hydrogens (tertiary/aromatic N) is 1. The molecule has 1 aromatic carbocycles. The first-order chi connectivity index (χ1) is 9.04. The Bertz CT molecular complexity index is 418. The van der Waals surface area contributed by atoms with E-state index in [1.807, 2.05) is 30.3 Å². The predicted molar refractivity (Wildman–Crippen MR) is 74.7 cm³/mol. The Morgan fingerprint density at radius 3 is 2.37 bits per heavy atom. The molecule has 0 saturated carbocycles. The number of hydrogen-bond acceptors (Lipinski definition) is 3. The molecule has 0 aromatic heterocycles. The molecule has 0 fully saturated rings. The Morgan fingerprint density at radius 1 is 1.21 bits per heavy atom. The summed E-state index contributed by atoms with van der Waals surface area (Å²) in [6.07, 6.45) is 0.493. The van der Waals surface area contributed by atoms with E-state index in [-0.39, 0.29) is 18.4 Å². The van der Waals surface area contributed by atoms with Gasteiger partial charge in [-0.2, -0.15) is 0 Å². The Labute approximate surface area is 114 Å². The Morgan fingerprint density at radius 2 is 1.84 bits per heavy atom. The molecule has 0 aliphatic carbocycles. The molecule has 1 unspecified atom stereocenters. The van der Waals surface area contributed by atoms with Crippen molar-refractivity contribution in [2.75, 3.05) is 27.7 Å². The van der Waals surface area contributed by atoms with E-state index in [9.17, 15) is 9.59 Å². The molecule has 1 aromatic rings. The van der Waals surface area contributed by atoms with Gasteiger partial charge in [0, 0.05) is 20.5 Å². The monoisotopic (exact) mass is 263 g/mol. The molecule has 1 atom stereocenters. The second-order valence-corrected chi connectivity index (χ2v) is 4.57. The first kappa shape index (κ1) is 15.2. The number of hydrogen-bond donors (Lipinski definition) is 2. The van der Waals surface area contributed by atoms with Crippen molar-refractivity contribution in [3.63, 3.8) is 0 Å². The summed E-state index contributed by atoms with van der Waals surface area (Å²) in [5.41, 5.74) is 1.02. The van der Waals surface area contributed by atoms with Crippen molar-refractivity contribution in [1.29, 1.82) is 0 Å². The maximum atomic E-state index is 12.1. The molecular weight excluding hydrogens is 242 g/mol. The van der Waals surface area contributed by atoms with Crippen molar-refractivity contribution in [3.05, 3.63) is 35.9 Å². The van der Waals surface area contributed by atoms with Crippen LogP contribution in [0.25, 0.3) is 0 Å². The smallest absolute Gasteiger partial charge is 0.244 e. The van der Waals surface area contributed by atoms with E-state index in [1.54, 1.807) is 21.1 Å². The topological polar surface area (TPSA) is 61.4 Å². The summed E-state index contributed by atoms with van der Waals surface area (Å²) in [5.74, 6) is -0.285. The zero-order valence-electron chi connectivity index (χ0n) is 11.6. The summed E-state index contributed by atoms with van der Waals surface area (Å²) >= 11 is 0. The maximum absolute atomic E-state index is 12.1. The van der Waals surface area contributed by atoms with Crippen LogP contribution >= 0.6 is 0 Å².